The van der Waals surface area contributed by atoms with Crippen LogP contribution < -0.4 is 14.5 Å². The van der Waals surface area contributed by atoms with Gasteiger partial charge in [0.15, 0.2) is 0 Å². The van der Waals surface area contributed by atoms with Gasteiger partial charge in [0.05, 0.1) is 29.4 Å². The third-order valence-electron chi connectivity index (χ3n) is 8.69. The van der Waals surface area contributed by atoms with Crippen LogP contribution in [0.5, 0.6) is 0 Å². The number of hydrogen-bond donors (Lipinski definition) is 1. The summed E-state index contributed by atoms with van der Waals surface area (Å²) in [7, 11) is -0.267. The number of ether oxygens (including phenoxy) is 2. The minimum Gasteiger partial charge on any atom is -0.505 e. The molecule has 1 amide bonds. The third-order valence-corrected chi connectivity index (χ3v) is 10.2. The summed E-state index contributed by atoms with van der Waals surface area (Å²) >= 11 is 0. The van der Waals surface area contributed by atoms with Crippen molar-refractivity contribution < 1.29 is 22.7 Å². The van der Waals surface area contributed by atoms with Crippen molar-refractivity contribution in [2.45, 2.75) is 61.6 Å². The standard InChI is InChI=1S/C35H41N3O5S/c1-8-34(22-24-42-7)27-13-9-12-16-30(27)38(32(39)43-33(3,4)5)31-35(34,28-14-10-11-15-29(28)37(31)6)21-23-36-44(40,41)26-19-17-25(2)18-20-26/h8-20,22,24,31,36H,1,21,23H2,2-7H3/b24-22-/t31-,34-,35-/m0/s1. The van der Waals surface area contributed by atoms with Crippen LogP contribution in [0.15, 0.2) is 103 Å². The van der Waals surface area contributed by atoms with Gasteiger partial charge in [-0.3, -0.25) is 4.90 Å². The molecule has 3 aromatic rings. The lowest BCUT2D eigenvalue weighted by molar-refractivity contribution is 0.0527. The summed E-state index contributed by atoms with van der Waals surface area (Å²) in [6, 6.07) is 22.5. The number of nitrogens with zero attached hydrogens (tertiary/aromatic N) is 2. The lowest BCUT2D eigenvalue weighted by Crippen LogP contribution is -2.68. The Kier molecular flexibility index (Phi) is 8.16. The van der Waals surface area contributed by atoms with E-state index in [1.807, 2.05) is 89.4 Å². The van der Waals surface area contributed by atoms with Crippen LogP contribution in [0.2, 0.25) is 0 Å². The first-order valence-corrected chi connectivity index (χ1v) is 16.2. The summed E-state index contributed by atoms with van der Waals surface area (Å²) in [5.41, 5.74) is 1.79. The number of benzene rings is 3. The van der Waals surface area contributed by atoms with Gasteiger partial charge in [-0.1, -0.05) is 60.2 Å². The van der Waals surface area contributed by atoms with Crippen molar-refractivity contribution in [2.24, 2.45) is 0 Å². The zero-order valence-electron chi connectivity index (χ0n) is 26.2. The average Bonchev–Trinajstić information content (AvgIpc) is 3.23. The van der Waals surface area contributed by atoms with Crippen LogP contribution in [0.1, 0.15) is 43.9 Å². The van der Waals surface area contributed by atoms with Gasteiger partial charge in [-0.25, -0.2) is 17.9 Å². The molecule has 3 atom stereocenters. The lowest BCUT2D eigenvalue weighted by atomic mass is 9.52. The molecule has 2 heterocycles. The Morgan fingerprint density at radius 2 is 1.61 bits per heavy atom. The number of fused-ring (bicyclic) bond motifs is 4. The quantitative estimate of drug-likeness (QED) is 0.233. The Hall–Kier alpha value is -4.08. The lowest BCUT2D eigenvalue weighted by Gasteiger charge is -2.57. The van der Waals surface area contributed by atoms with Crippen molar-refractivity contribution in [3.05, 3.63) is 114 Å². The van der Waals surface area contributed by atoms with E-state index in [4.69, 9.17) is 9.47 Å². The third kappa shape index (κ3) is 4.98. The van der Waals surface area contributed by atoms with Gasteiger partial charge in [0.25, 0.3) is 0 Å². The zero-order valence-corrected chi connectivity index (χ0v) is 27.0. The number of hydrogen-bond acceptors (Lipinski definition) is 6. The first kappa shape index (κ1) is 31.3. The molecule has 3 aromatic carbocycles. The zero-order chi connectivity index (χ0) is 31.9. The molecule has 0 saturated carbocycles. The Labute approximate surface area is 261 Å². The number of para-hydroxylation sites is 2. The van der Waals surface area contributed by atoms with Gasteiger partial charge < -0.3 is 14.4 Å². The van der Waals surface area contributed by atoms with E-state index in [0.29, 0.717) is 12.1 Å². The number of carbonyl (C=O) groups excluding carboxylic acids is 1. The molecule has 0 unspecified atom stereocenters. The molecule has 2 aliphatic heterocycles. The molecule has 0 aliphatic carbocycles. The van der Waals surface area contributed by atoms with E-state index in [-0.39, 0.29) is 11.4 Å². The second-order valence-electron chi connectivity index (χ2n) is 12.4. The van der Waals surface area contributed by atoms with Gasteiger partial charge in [-0.15, -0.1) is 6.58 Å². The van der Waals surface area contributed by atoms with Gasteiger partial charge in [0.2, 0.25) is 10.0 Å². The monoisotopic (exact) mass is 615 g/mol. The van der Waals surface area contributed by atoms with E-state index in [9.17, 15) is 13.2 Å². The number of anilines is 2. The van der Waals surface area contributed by atoms with Gasteiger partial charge in [0.1, 0.15) is 11.8 Å². The van der Waals surface area contributed by atoms with Crippen molar-refractivity contribution >= 4 is 27.5 Å². The van der Waals surface area contributed by atoms with Gasteiger partial charge in [0, 0.05) is 24.7 Å². The molecule has 44 heavy (non-hydrogen) atoms. The summed E-state index contributed by atoms with van der Waals surface area (Å²) in [4.78, 5) is 18.2. The maximum absolute atomic E-state index is 14.2. The number of sulfonamides is 1. The molecular formula is C35H41N3O5S. The molecule has 9 heteroatoms. The van der Waals surface area contributed by atoms with Crippen LogP contribution in [-0.2, 0) is 30.3 Å². The predicted molar refractivity (Wildman–Crippen MR) is 174 cm³/mol. The molecule has 0 aromatic heterocycles. The molecule has 0 bridgehead atoms. The van der Waals surface area contributed by atoms with E-state index >= 15 is 0 Å². The van der Waals surface area contributed by atoms with Crippen LogP contribution in [0.25, 0.3) is 0 Å². The average molecular weight is 616 g/mol. The van der Waals surface area contributed by atoms with Gasteiger partial charge in [-0.2, -0.15) is 0 Å². The number of carbonyl (C=O) groups is 1. The fourth-order valence-electron chi connectivity index (χ4n) is 6.93. The number of rotatable bonds is 8. The largest absolute Gasteiger partial charge is 0.505 e. The molecule has 0 saturated heterocycles. The van der Waals surface area contributed by atoms with Crippen molar-refractivity contribution in [2.75, 3.05) is 30.5 Å². The second-order valence-corrected chi connectivity index (χ2v) is 14.2. The number of nitrogens with one attached hydrogen (secondary N) is 1. The summed E-state index contributed by atoms with van der Waals surface area (Å²) in [6.45, 7) is 11.9. The fraction of sp³-hybridized carbons (Fsp3) is 0.343. The first-order chi connectivity index (χ1) is 20.8. The van der Waals surface area contributed by atoms with E-state index in [1.165, 1.54) is 0 Å². The van der Waals surface area contributed by atoms with Crippen LogP contribution in [0.4, 0.5) is 16.2 Å². The molecule has 2 aliphatic rings. The topological polar surface area (TPSA) is 88.2 Å². The highest BCUT2D eigenvalue weighted by atomic mass is 32.2. The van der Waals surface area contributed by atoms with E-state index in [0.717, 1.165) is 22.4 Å². The Balaban J connectivity index is 1.75. The van der Waals surface area contributed by atoms with Crippen molar-refractivity contribution in [1.82, 2.24) is 4.72 Å². The Bertz CT molecular complexity index is 1700. The van der Waals surface area contributed by atoms with E-state index < -0.39 is 38.7 Å². The predicted octanol–water partition coefficient (Wildman–Crippen LogP) is 6.42. The summed E-state index contributed by atoms with van der Waals surface area (Å²) < 4.78 is 41.3. The van der Waals surface area contributed by atoms with Crippen LogP contribution in [0, 0.1) is 6.92 Å². The molecule has 1 N–H and O–H groups in total. The number of amides is 1. The van der Waals surface area contributed by atoms with Crippen molar-refractivity contribution in [1.29, 1.82) is 0 Å². The fourth-order valence-corrected chi connectivity index (χ4v) is 7.96. The molecular weight excluding hydrogens is 574 g/mol. The van der Waals surface area contributed by atoms with Crippen LogP contribution in [-0.4, -0.2) is 47.0 Å². The summed E-state index contributed by atoms with van der Waals surface area (Å²) in [5.74, 6) is 0. The van der Waals surface area contributed by atoms with Crippen molar-refractivity contribution in [3.8, 4) is 0 Å². The Morgan fingerprint density at radius 1 is 1.00 bits per heavy atom. The highest BCUT2D eigenvalue weighted by Crippen LogP contribution is 2.63. The highest BCUT2D eigenvalue weighted by molar-refractivity contribution is 7.89. The maximum Gasteiger partial charge on any atom is 0.416 e. The van der Waals surface area contributed by atoms with E-state index in [2.05, 4.69) is 22.3 Å². The number of methoxy groups -OCH3 is 1. The van der Waals surface area contributed by atoms with E-state index in [1.54, 1.807) is 42.5 Å². The highest BCUT2D eigenvalue weighted by Gasteiger charge is 2.66. The number of allylic oxidation sites excluding steroid dienone is 2. The smallest absolute Gasteiger partial charge is 0.416 e. The maximum atomic E-state index is 14.2. The summed E-state index contributed by atoms with van der Waals surface area (Å²) in [6.07, 6.45) is 4.73. The molecule has 0 spiro atoms. The van der Waals surface area contributed by atoms with Gasteiger partial charge in [-0.05, 0) is 75.6 Å². The van der Waals surface area contributed by atoms with Crippen LogP contribution >= 0.6 is 0 Å². The number of aryl methyl sites for hydroxylation is 1. The Morgan fingerprint density at radius 3 is 2.23 bits per heavy atom. The minimum absolute atomic E-state index is 0.0929. The molecule has 232 valence electrons. The van der Waals surface area contributed by atoms with Crippen molar-refractivity contribution in [3.63, 3.8) is 0 Å². The normalized spacial score (nSPS) is 22.7. The molecule has 5 rings (SSSR count). The second kappa shape index (κ2) is 11.4. The van der Waals surface area contributed by atoms with Crippen LogP contribution in [0.3, 0.4) is 0 Å². The SMILES string of the molecule is C=C[C@]1(/C=C\OC)c2ccccc2N(C(=O)OC(C)(C)C)[C@@H]2N(C)c3ccccc3[C@@]21CCNS(=O)(=O)c1ccc(C)cc1. The molecule has 8 nitrogen and oxygen atoms in total. The van der Waals surface area contributed by atoms with Gasteiger partial charge >= 0.3 is 6.09 Å². The minimum atomic E-state index is -3.81. The molecule has 0 radical (unpaired) electrons. The molecule has 0 fully saturated rings. The first-order valence-electron chi connectivity index (χ1n) is 14.7. The summed E-state index contributed by atoms with van der Waals surface area (Å²) in [5, 5.41) is 0. The number of likely N-dealkylation sites (N-methyl/N-ethyl adjacent to an activating group) is 1.